The van der Waals surface area contributed by atoms with Crippen LogP contribution < -0.4 is 5.32 Å². The highest BCUT2D eigenvalue weighted by atomic mass is 32.1. The van der Waals surface area contributed by atoms with Gasteiger partial charge < -0.3 is 5.32 Å². The molecule has 2 aromatic heterocycles. The van der Waals surface area contributed by atoms with Crippen LogP contribution in [0.25, 0.3) is 0 Å². The monoisotopic (exact) mass is 263 g/mol. The van der Waals surface area contributed by atoms with Crippen LogP contribution >= 0.6 is 11.3 Å². The maximum atomic E-state index is 11.6. The lowest BCUT2D eigenvalue weighted by Gasteiger charge is -2.01. The molecule has 6 nitrogen and oxygen atoms in total. The molecule has 0 aliphatic heterocycles. The van der Waals surface area contributed by atoms with Gasteiger partial charge in [-0.15, -0.1) is 10.2 Å². The number of carbonyl (C=O) groups excluding carboxylic acids is 1. The molecule has 0 fully saturated rings. The maximum absolute atomic E-state index is 11.6. The first kappa shape index (κ1) is 12.6. The number of nitrogens with zero attached hydrogens (tertiary/aromatic N) is 4. The lowest BCUT2D eigenvalue weighted by molar-refractivity contribution is -0.120. The van der Waals surface area contributed by atoms with Crippen molar-refractivity contribution in [3.8, 4) is 0 Å². The van der Waals surface area contributed by atoms with Crippen LogP contribution in [0.5, 0.6) is 0 Å². The second-order valence-corrected chi connectivity index (χ2v) is 4.74. The second-order valence-electron chi connectivity index (χ2n) is 3.59. The van der Waals surface area contributed by atoms with Crippen molar-refractivity contribution in [2.45, 2.75) is 26.3 Å². The first-order chi connectivity index (χ1) is 8.78. The van der Waals surface area contributed by atoms with Crippen LogP contribution in [0.1, 0.15) is 22.6 Å². The van der Waals surface area contributed by atoms with Crippen LogP contribution in [0, 0.1) is 0 Å². The summed E-state index contributed by atoms with van der Waals surface area (Å²) in [5.74, 6) is -0.0938. The number of hydrogen-bond acceptors (Lipinski definition) is 6. The van der Waals surface area contributed by atoms with Gasteiger partial charge in [0.05, 0.1) is 18.7 Å². The van der Waals surface area contributed by atoms with E-state index in [1.807, 2.05) is 6.92 Å². The quantitative estimate of drug-likeness (QED) is 0.861. The molecule has 0 atom stereocenters. The first-order valence-corrected chi connectivity index (χ1v) is 6.42. The molecule has 0 radical (unpaired) electrons. The number of hydrogen-bond donors (Lipinski definition) is 1. The molecule has 1 amide bonds. The summed E-state index contributed by atoms with van der Waals surface area (Å²) < 4.78 is 0. The molecule has 94 valence electrons. The lowest BCUT2D eigenvalue weighted by atomic mass is 10.3. The van der Waals surface area contributed by atoms with E-state index >= 15 is 0 Å². The summed E-state index contributed by atoms with van der Waals surface area (Å²) in [6, 6.07) is 0. The Morgan fingerprint density at radius 3 is 2.83 bits per heavy atom. The minimum absolute atomic E-state index is 0.0938. The van der Waals surface area contributed by atoms with E-state index in [9.17, 15) is 4.79 Å². The summed E-state index contributed by atoms with van der Waals surface area (Å²) in [4.78, 5) is 19.6. The number of aryl methyl sites for hydroxylation is 1. The van der Waals surface area contributed by atoms with Gasteiger partial charge in [-0.3, -0.25) is 14.8 Å². The van der Waals surface area contributed by atoms with E-state index < -0.39 is 0 Å². The summed E-state index contributed by atoms with van der Waals surface area (Å²) in [5, 5.41) is 12.6. The number of aromatic nitrogens is 4. The molecule has 2 rings (SSSR count). The second kappa shape index (κ2) is 6.15. The summed E-state index contributed by atoms with van der Waals surface area (Å²) in [6.07, 6.45) is 5.83. The zero-order valence-electron chi connectivity index (χ0n) is 9.96. The molecule has 0 aliphatic carbocycles. The number of carbonyl (C=O) groups is 1. The Morgan fingerprint density at radius 1 is 1.33 bits per heavy atom. The van der Waals surface area contributed by atoms with Crippen molar-refractivity contribution >= 4 is 17.2 Å². The summed E-state index contributed by atoms with van der Waals surface area (Å²) in [6.45, 7) is 2.44. The standard InChI is InChI=1S/C11H13N5OS/c1-2-10-15-16-11(18-10)7-14-9(17)5-8-6-12-3-4-13-8/h3-4,6H,2,5,7H2,1H3,(H,14,17). The molecule has 1 N–H and O–H groups in total. The van der Waals surface area contributed by atoms with E-state index in [2.05, 4.69) is 25.5 Å². The van der Waals surface area contributed by atoms with Gasteiger partial charge in [-0.25, -0.2) is 0 Å². The number of nitrogens with one attached hydrogen (secondary N) is 1. The highest BCUT2D eigenvalue weighted by Crippen LogP contribution is 2.09. The summed E-state index contributed by atoms with van der Waals surface area (Å²) in [7, 11) is 0. The molecule has 0 aromatic carbocycles. The van der Waals surface area contributed by atoms with Gasteiger partial charge in [0.2, 0.25) is 5.91 Å². The Morgan fingerprint density at radius 2 is 2.17 bits per heavy atom. The van der Waals surface area contributed by atoms with Crippen LogP contribution in [0.15, 0.2) is 18.6 Å². The van der Waals surface area contributed by atoms with Gasteiger partial charge in [-0.2, -0.15) is 0 Å². The Balaban J connectivity index is 1.81. The fraction of sp³-hybridized carbons (Fsp3) is 0.364. The average molecular weight is 263 g/mol. The molecule has 0 spiro atoms. The molecule has 18 heavy (non-hydrogen) atoms. The van der Waals surface area contributed by atoms with Gasteiger partial charge in [0.1, 0.15) is 10.0 Å². The third kappa shape index (κ3) is 3.56. The van der Waals surface area contributed by atoms with Crippen molar-refractivity contribution in [2.24, 2.45) is 0 Å². The van der Waals surface area contributed by atoms with E-state index in [0.29, 0.717) is 12.2 Å². The molecule has 0 unspecified atom stereocenters. The molecule has 0 bridgehead atoms. The van der Waals surface area contributed by atoms with Crippen LogP contribution in [0.2, 0.25) is 0 Å². The van der Waals surface area contributed by atoms with Crippen molar-refractivity contribution < 1.29 is 4.79 Å². The maximum Gasteiger partial charge on any atom is 0.226 e. The van der Waals surface area contributed by atoms with E-state index in [4.69, 9.17) is 0 Å². The molecule has 0 saturated heterocycles. The predicted molar refractivity (Wildman–Crippen MR) is 66.9 cm³/mol. The molecule has 7 heteroatoms. The van der Waals surface area contributed by atoms with Gasteiger partial charge in [0.25, 0.3) is 0 Å². The molecular weight excluding hydrogens is 250 g/mol. The Kier molecular flexibility index (Phi) is 4.30. The van der Waals surface area contributed by atoms with Crippen LogP contribution in [-0.2, 0) is 24.2 Å². The SMILES string of the molecule is CCc1nnc(CNC(=O)Cc2cnccn2)s1. The van der Waals surface area contributed by atoms with Gasteiger partial charge in [0.15, 0.2) is 0 Å². The van der Waals surface area contributed by atoms with E-state index in [-0.39, 0.29) is 12.3 Å². The fourth-order valence-electron chi connectivity index (χ4n) is 1.33. The molecule has 2 heterocycles. The number of rotatable bonds is 5. The molecule has 0 aliphatic rings. The van der Waals surface area contributed by atoms with Crippen molar-refractivity contribution in [1.82, 2.24) is 25.5 Å². The lowest BCUT2D eigenvalue weighted by Crippen LogP contribution is -2.24. The Hall–Kier alpha value is -1.89. The minimum Gasteiger partial charge on any atom is -0.349 e. The fourth-order valence-corrected chi connectivity index (χ4v) is 2.05. The van der Waals surface area contributed by atoms with E-state index in [0.717, 1.165) is 16.4 Å². The molecule has 0 saturated carbocycles. The van der Waals surface area contributed by atoms with Crippen molar-refractivity contribution in [1.29, 1.82) is 0 Å². The van der Waals surface area contributed by atoms with E-state index in [1.54, 1.807) is 18.6 Å². The zero-order chi connectivity index (χ0) is 12.8. The third-order valence-corrected chi connectivity index (χ3v) is 3.27. The third-order valence-electron chi connectivity index (χ3n) is 2.21. The van der Waals surface area contributed by atoms with Crippen LogP contribution in [0.3, 0.4) is 0 Å². The molecular formula is C11H13N5OS. The highest BCUT2D eigenvalue weighted by molar-refractivity contribution is 7.11. The van der Waals surface area contributed by atoms with Crippen molar-refractivity contribution in [3.05, 3.63) is 34.3 Å². The van der Waals surface area contributed by atoms with Gasteiger partial charge in [-0.1, -0.05) is 18.3 Å². The Bertz CT molecular complexity index is 513. The van der Waals surface area contributed by atoms with Gasteiger partial charge >= 0.3 is 0 Å². The molecule has 2 aromatic rings. The van der Waals surface area contributed by atoms with Crippen LogP contribution in [-0.4, -0.2) is 26.1 Å². The average Bonchev–Trinajstić information content (AvgIpc) is 2.85. The van der Waals surface area contributed by atoms with Crippen LogP contribution in [0.4, 0.5) is 0 Å². The van der Waals surface area contributed by atoms with E-state index in [1.165, 1.54) is 11.3 Å². The van der Waals surface area contributed by atoms with Gasteiger partial charge in [0, 0.05) is 18.6 Å². The predicted octanol–water partition coefficient (Wildman–Crippen LogP) is 0.749. The summed E-state index contributed by atoms with van der Waals surface area (Å²) >= 11 is 1.52. The summed E-state index contributed by atoms with van der Waals surface area (Å²) in [5.41, 5.74) is 0.654. The minimum atomic E-state index is -0.0938. The first-order valence-electron chi connectivity index (χ1n) is 5.60. The Labute approximate surface area is 109 Å². The van der Waals surface area contributed by atoms with Crippen molar-refractivity contribution in [3.63, 3.8) is 0 Å². The largest absolute Gasteiger partial charge is 0.349 e. The van der Waals surface area contributed by atoms with Crippen molar-refractivity contribution in [2.75, 3.05) is 0 Å². The number of amides is 1. The zero-order valence-corrected chi connectivity index (χ0v) is 10.8. The topological polar surface area (TPSA) is 80.7 Å². The van der Waals surface area contributed by atoms with Gasteiger partial charge in [-0.05, 0) is 6.42 Å². The highest BCUT2D eigenvalue weighted by Gasteiger charge is 2.07. The smallest absolute Gasteiger partial charge is 0.226 e. The normalized spacial score (nSPS) is 10.3.